The summed E-state index contributed by atoms with van der Waals surface area (Å²) in [4.78, 5) is 28.7. The first kappa shape index (κ1) is 23.2. The summed E-state index contributed by atoms with van der Waals surface area (Å²) >= 11 is 0. The number of hydrogen-bond donors (Lipinski definition) is 2. The van der Waals surface area contributed by atoms with Gasteiger partial charge in [-0.2, -0.15) is 0 Å². The molecule has 0 saturated heterocycles. The third-order valence-corrected chi connectivity index (χ3v) is 6.27. The molecule has 1 aliphatic heterocycles. The predicted molar refractivity (Wildman–Crippen MR) is 126 cm³/mol. The number of nitrogens with two attached hydrogens (primary N) is 1. The van der Waals surface area contributed by atoms with Gasteiger partial charge in [0.1, 0.15) is 0 Å². The average molecular weight is 455 g/mol. The highest BCUT2D eigenvalue weighted by atomic mass is 19.1. The van der Waals surface area contributed by atoms with E-state index in [1.165, 1.54) is 36.8 Å². The van der Waals surface area contributed by atoms with Crippen LogP contribution in [0.1, 0.15) is 43.7 Å². The second-order valence-corrected chi connectivity index (χ2v) is 9.01. The highest BCUT2D eigenvalue weighted by Crippen LogP contribution is 2.38. The lowest BCUT2D eigenvalue weighted by molar-refractivity contribution is -0.117. The molecule has 2 amide bonds. The second-order valence-electron chi connectivity index (χ2n) is 9.01. The first-order chi connectivity index (χ1) is 15.8. The molecule has 0 spiro atoms. The summed E-state index contributed by atoms with van der Waals surface area (Å²) < 4.78 is 19.7. The predicted octanol–water partition coefficient (Wildman–Crippen LogP) is 3.69. The number of anilines is 2. The van der Waals surface area contributed by atoms with Crippen molar-refractivity contribution in [2.24, 2.45) is 5.73 Å². The van der Waals surface area contributed by atoms with Gasteiger partial charge in [0.15, 0.2) is 11.6 Å². The molecule has 1 aliphatic carbocycles. The van der Waals surface area contributed by atoms with Crippen LogP contribution in [-0.4, -0.2) is 43.7 Å². The summed E-state index contributed by atoms with van der Waals surface area (Å²) in [6, 6.07) is 10.4. The Balaban J connectivity index is 1.67. The normalized spacial score (nSPS) is 18.6. The van der Waals surface area contributed by atoms with Gasteiger partial charge in [-0.25, -0.2) is 9.18 Å². The molecule has 1 fully saturated rings. The van der Waals surface area contributed by atoms with Gasteiger partial charge in [0.25, 0.3) is 0 Å². The Hall–Kier alpha value is -2.97. The minimum atomic E-state index is -0.687. The number of nitrogens with zero attached hydrogens (tertiary/aromatic N) is 2. The number of fused-ring (bicyclic) bond motifs is 1. The van der Waals surface area contributed by atoms with Crippen molar-refractivity contribution in [1.29, 1.82) is 0 Å². The number of halogens is 1. The molecule has 1 saturated carbocycles. The molecule has 0 aromatic heterocycles. The zero-order chi connectivity index (χ0) is 23.7. The Morgan fingerprint density at radius 2 is 1.97 bits per heavy atom. The quantitative estimate of drug-likeness (QED) is 0.695. The van der Waals surface area contributed by atoms with Crippen LogP contribution in [0.2, 0.25) is 0 Å². The van der Waals surface area contributed by atoms with E-state index in [9.17, 15) is 14.0 Å². The number of rotatable bonds is 6. The highest BCUT2D eigenvalue weighted by molar-refractivity contribution is 6.02. The van der Waals surface area contributed by atoms with E-state index in [1.54, 1.807) is 17.9 Å². The van der Waals surface area contributed by atoms with E-state index < -0.39 is 11.9 Å². The molecule has 1 heterocycles. The van der Waals surface area contributed by atoms with Crippen molar-refractivity contribution in [1.82, 2.24) is 5.32 Å². The number of amides is 2. The summed E-state index contributed by atoms with van der Waals surface area (Å²) in [6.45, 7) is 6.60. The molecule has 2 aliphatic rings. The van der Waals surface area contributed by atoms with E-state index >= 15 is 0 Å². The van der Waals surface area contributed by atoms with Crippen LogP contribution in [0.3, 0.4) is 0 Å². The third kappa shape index (κ3) is 5.02. The summed E-state index contributed by atoms with van der Waals surface area (Å²) in [7, 11) is 0. The van der Waals surface area contributed by atoms with Gasteiger partial charge in [-0.15, -0.1) is 0 Å². The van der Waals surface area contributed by atoms with Gasteiger partial charge >= 0.3 is 6.09 Å². The maximum atomic E-state index is 14.2. The first-order valence-electron chi connectivity index (χ1n) is 11.4. The number of aryl methyl sites for hydroxylation is 1. The Kier molecular flexibility index (Phi) is 6.67. The van der Waals surface area contributed by atoms with Crippen molar-refractivity contribution in [3.05, 3.63) is 53.3 Å². The minimum Gasteiger partial charge on any atom is -0.407 e. The van der Waals surface area contributed by atoms with Crippen molar-refractivity contribution in [3.8, 4) is 5.75 Å². The topological polar surface area (TPSA) is 87.9 Å². The molecule has 7 nitrogen and oxygen atoms in total. The van der Waals surface area contributed by atoms with Crippen molar-refractivity contribution >= 4 is 23.4 Å². The lowest BCUT2D eigenvalue weighted by Gasteiger charge is -2.40. The Morgan fingerprint density at radius 1 is 1.21 bits per heavy atom. The van der Waals surface area contributed by atoms with Crippen LogP contribution in [-0.2, 0) is 4.79 Å². The summed E-state index contributed by atoms with van der Waals surface area (Å²) in [6.07, 6.45) is 1.68. The largest absolute Gasteiger partial charge is 0.419 e. The van der Waals surface area contributed by atoms with Crippen LogP contribution in [0, 0.1) is 12.7 Å². The Labute approximate surface area is 193 Å². The number of ether oxygens (including phenoxy) is 1. The molecular weight excluding hydrogens is 423 g/mol. The number of carbonyl (C=O) groups is 2. The summed E-state index contributed by atoms with van der Waals surface area (Å²) in [5, 5.41) is 3.51. The molecule has 1 unspecified atom stereocenters. The van der Waals surface area contributed by atoms with E-state index in [-0.39, 0.29) is 30.2 Å². The van der Waals surface area contributed by atoms with Gasteiger partial charge < -0.3 is 20.7 Å². The second kappa shape index (κ2) is 9.49. The monoisotopic (exact) mass is 454 g/mol. The van der Waals surface area contributed by atoms with Crippen molar-refractivity contribution in [2.75, 3.05) is 29.4 Å². The van der Waals surface area contributed by atoms with E-state index in [4.69, 9.17) is 10.5 Å². The maximum absolute atomic E-state index is 14.2. The van der Waals surface area contributed by atoms with Crippen molar-refractivity contribution in [3.63, 3.8) is 0 Å². The molecule has 4 rings (SSSR count). The molecule has 8 heteroatoms. The number of benzene rings is 2. The smallest absolute Gasteiger partial charge is 0.407 e. The molecule has 0 bridgehead atoms. The Morgan fingerprint density at radius 3 is 2.64 bits per heavy atom. The third-order valence-electron chi connectivity index (χ3n) is 6.27. The van der Waals surface area contributed by atoms with Crippen LogP contribution in [0.25, 0.3) is 0 Å². The standard InChI is InChI=1S/C25H31FN4O3/c1-15-4-8-21(26)24(10-15)33-25(32)29-14-16(2)30(17(3)31)22-9-5-18(11-23(22)29)19(12-27)13-28-20-6-7-20/h4-5,8-11,16,19-20,28H,6-7,12-14,27H2,1-3H3/t16-,19?/m0/s1. The fourth-order valence-corrected chi connectivity index (χ4v) is 4.32. The Bertz CT molecular complexity index is 1060. The van der Waals surface area contributed by atoms with Gasteiger partial charge in [0, 0.05) is 38.5 Å². The van der Waals surface area contributed by atoms with Gasteiger partial charge in [-0.05, 0) is 62.1 Å². The molecule has 0 radical (unpaired) electrons. The van der Waals surface area contributed by atoms with E-state index in [0.717, 1.165) is 17.7 Å². The first-order valence-corrected chi connectivity index (χ1v) is 11.4. The summed E-state index contributed by atoms with van der Waals surface area (Å²) in [5.74, 6) is -0.770. The fourth-order valence-electron chi connectivity index (χ4n) is 4.32. The lowest BCUT2D eigenvalue weighted by atomic mass is 9.96. The molecular formula is C25H31FN4O3. The van der Waals surface area contributed by atoms with Gasteiger partial charge in [0.05, 0.1) is 17.4 Å². The van der Waals surface area contributed by atoms with E-state index in [2.05, 4.69) is 5.32 Å². The lowest BCUT2D eigenvalue weighted by Crippen LogP contribution is -2.52. The molecule has 2 atom stereocenters. The van der Waals surface area contributed by atoms with E-state index in [1.807, 2.05) is 25.1 Å². The molecule has 3 N–H and O–H groups in total. The maximum Gasteiger partial charge on any atom is 0.419 e. The minimum absolute atomic E-state index is 0.0631. The van der Waals surface area contributed by atoms with Gasteiger partial charge in [0.2, 0.25) is 5.91 Å². The van der Waals surface area contributed by atoms with Crippen molar-refractivity contribution in [2.45, 2.75) is 51.6 Å². The summed E-state index contributed by atoms with van der Waals surface area (Å²) in [5.41, 5.74) is 9.00. The zero-order valence-corrected chi connectivity index (χ0v) is 19.3. The van der Waals surface area contributed by atoms with Crippen molar-refractivity contribution < 1.29 is 18.7 Å². The highest BCUT2D eigenvalue weighted by Gasteiger charge is 2.35. The molecule has 176 valence electrons. The molecule has 33 heavy (non-hydrogen) atoms. The van der Waals surface area contributed by atoms with Crippen LogP contribution in [0.4, 0.5) is 20.6 Å². The van der Waals surface area contributed by atoms with Crippen LogP contribution in [0.15, 0.2) is 36.4 Å². The number of hydrogen-bond acceptors (Lipinski definition) is 5. The van der Waals surface area contributed by atoms with E-state index in [0.29, 0.717) is 24.0 Å². The zero-order valence-electron chi connectivity index (χ0n) is 19.3. The van der Waals surface area contributed by atoms with Gasteiger partial charge in [-0.1, -0.05) is 12.1 Å². The number of nitrogens with one attached hydrogen (secondary N) is 1. The number of carbonyl (C=O) groups excluding carboxylic acids is 2. The van der Waals surface area contributed by atoms with Crippen LogP contribution >= 0.6 is 0 Å². The SMILES string of the molecule is CC(=O)N1c2ccc(C(CN)CNC3CC3)cc2N(C(=O)Oc2cc(C)ccc2F)C[C@@H]1C. The average Bonchev–Trinajstić information content (AvgIpc) is 3.60. The fraction of sp³-hybridized carbons (Fsp3) is 0.440. The van der Waals surface area contributed by atoms with Crippen LogP contribution in [0.5, 0.6) is 5.75 Å². The van der Waals surface area contributed by atoms with Gasteiger partial charge in [-0.3, -0.25) is 9.69 Å². The molecule has 2 aromatic rings. The van der Waals surface area contributed by atoms with Crippen LogP contribution < -0.4 is 25.6 Å². The molecule has 2 aromatic carbocycles.